The van der Waals surface area contributed by atoms with E-state index in [1.54, 1.807) is 22.8 Å². The summed E-state index contributed by atoms with van der Waals surface area (Å²) in [7, 11) is 0. The second-order valence-electron chi connectivity index (χ2n) is 6.54. The molecule has 1 aliphatic carbocycles. The van der Waals surface area contributed by atoms with E-state index in [1.807, 2.05) is 6.07 Å². The van der Waals surface area contributed by atoms with E-state index >= 15 is 0 Å². The predicted molar refractivity (Wildman–Crippen MR) is 95.3 cm³/mol. The highest BCUT2D eigenvalue weighted by Gasteiger charge is 2.23. The van der Waals surface area contributed by atoms with Gasteiger partial charge in [0.2, 0.25) is 0 Å². The number of hydrogen-bond acceptors (Lipinski definition) is 5. The second kappa shape index (κ2) is 6.33. The van der Waals surface area contributed by atoms with Crippen LogP contribution in [0.4, 0.5) is 0 Å². The molecule has 3 aromatic rings. The number of nitrogens with one attached hydrogen (secondary N) is 1. The largest absolute Gasteiger partial charge is 0.508 e. The second-order valence-corrected chi connectivity index (χ2v) is 6.54. The standard InChI is InChI=1S/C18H21N5O2/c19-10-14-15-17(22-16(20-14)11-5-4-8-13(24)9-11)23(18(25)21-15)12-6-2-1-3-7-12/h4-5,8-9,12,24H,1-3,6-7,10,19H2,(H,21,25). The Kier molecular flexibility index (Phi) is 4.01. The van der Waals surface area contributed by atoms with Crippen LogP contribution in [0.2, 0.25) is 0 Å². The fraction of sp³-hybridized carbons (Fsp3) is 0.389. The monoisotopic (exact) mass is 339 g/mol. The van der Waals surface area contributed by atoms with E-state index in [-0.39, 0.29) is 24.0 Å². The average Bonchev–Trinajstić information content (AvgIpc) is 2.97. The number of aromatic nitrogens is 4. The molecule has 0 spiro atoms. The number of aromatic hydroxyl groups is 1. The molecule has 1 fully saturated rings. The Morgan fingerprint density at radius 2 is 2.04 bits per heavy atom. The molecular formula is C18H21N5O2. The molecule has 7 heteroatoms. The highest BCUT2D eigenvalue weighted by molar-refractivity contribution is 5.76. The Labute approximate surface area is 144 Å². The number of H-pyrrole nitrogens is 1. The maximum absolute atomic E-state index is 12.6. The van der Waals surface area contributed by atoms with Gasteiger partial charge in [0.05, 0.1) is 5.69 Å². The molecule has 4 rings (SSSR count). The Balaban J connectivity index is 1.93. The summed E-state index contributed by atoms with van der Waals surface area (Å²) in [5.74, 6) is 0.613. The minimum atomic E-state index is -0.154. The van der Waals surface area contributed by atoms with E-state index in [4.69, 9.17) is 5.73 Å². The van der Waals surface area contributed by atoms with Crippen LogP contribution in [0.15, 0.2) is 29.1 Å². The summed E-state index contributed by atoms with van der Waals surface area (Å²) in [5, 5.41) is 9.74. The molecule has 1 aliphatic rings. The maximum Gasteiger partial charge on any atom is 0.327 e. The number of phenols is 1. The summed E-state index contributed by atoms with van der Waals surface area (Å²) < 4.78 is 1.77. The average molecular weight is 339 g/mol. The zero-order chi connectivity index (χ0) is 17.4. The van der Waals surface area contributed by atoms with Gasteiger partial charge in [-0.1, -0.05) is 31.4 Å². The Bertz CT molecular complexity index is 969. The van der Waals surface area contributed by atoms with Crippen molar-refractivity contribution < 1.29 is 5.11 Å². The van der Waals surface area contributed by atoms with Crippen molar-refractivity contribution in [2.24, 2.45) is 5.73 Å². The quantitative estimate of drug-likeness (QED) is 0.679. The molecule has 0 atom stereocenters. The number of hydrogen-bond donors (Lipinski definition) is 3. The van der Waals surface area contributed by atoms with Gasteiger partial charge < -0.3 is 15.8 Å². The molecule has 0 aliphatic heterocycles. The van der Waals surface area contributed by atoms with E-state index in [0.29, 0.717) is 28.2 Å². The summed E-state index contributed by atoms with van der Waals surface area (Å²) in [5.41, 5.74) is 8.22. The van der Waals surface area contributed by atoms with Crippen LogP contribution in [0, 0.1) is 0 Å². The number of phenolic OH excluding ortho intramolecular Hbond substituents is 1. The van der Waals surface area contributed by atoms with Gasteiger partial charge >= 0.3 is 5.69 Å². The van der Waals surface area contributed by atoms with Crippen LogP contribution in [0.1, 0.15) is 43.8 Å². The molecule has 2 heterocycles. The lowest BCUT2D eigenvalue weighted by Crippen LogP contribution is -2.24. The van der Waals surface area contributed by atoms with E-state index in [1.165, 1.54) is 6.42 Å². The van der Waals surface area contributed by atoms with Crippen molar-refractivity contribution in [1.29, 1.82) is 0 Å². The summed E-state index contributed by atoms with van der Waals surface area (Å²) in [6.07, 6.45) is 5.42. The van der Waals surface area contributed by atoms with Gasteiger partial charge in [-0.15, -0.1) is 0 Å². The van der Waals surface area contributed by atoms with Crippen molar-refractivity contribution in [2.45, 2.75) is 44.7 Å². The van der Waals surface area contributed by atoms with Crippen LogP contribution in [-0.4, -0.2) is 24.6 Å². The van der Waals surface area contributed by atoms with Crippen molar-refractivity contribution in [2.75, 3.05) is 0 Å². The van der Waals surface area contributed by atoms with E-state index in [9.17, 15) is 9.90 Å². The van der Waals surface area contributed by atoms with Gasteiger partial charge in [-0.25, -0.2) is 14.8 Å². The van der Waals surface area contributed by atoms with Crippen molar-refractivity contribution in [3.05, 3.63) is 40.4 Å². The molecule has 1 aromatic carbocycles. The molecule has 0 unspecified atom stereocenters. The third kappa shape index (κ3) is 2.80. The van der Waals surface area contributed by atoms with Gasteiger partial charge in [-0.2, -0.15) is 0 Å². The maximum atomic E-state index is 12.6. The summed E-state index contributed by atoms with van der Waals surface area (Å²) in [6, 6.07) is 6.94. The van der Waals surface area contributed by atoms with Crippen LogP contribution in [0.3, 0.4) is 0 Å². The fourth-order valence-electron chi connectivity index (χ4n) is 3.66. The smallest absolute Gasteiger partial charge is 0.327 e. The zero-order valence-corrected chi connectivity index (χ0v) is 13.9. The number of rotatable bonds is 3. The minimum Gasteiger partial charge on any atom is -0.508 e. The Hall–Kier alpha value is -2.67. The Morgan fingerprint density at radius 1 is 1.24 bits per heavy atom. The molecule has 0 amide bonds. The van der Waals surface area contributed by atoms with Gasteiger partial charge in [-0.3, -0.25) is 4.57 Å². The number of aromatic amines is 1. The first-order valence-electron chi connectivity index (χ1n) is 8.68. The molecule has 2 aromatic heterocycles. The van der Waals surface area contributed by atoms with Crippen LogP contribution in [0.5, 0.6) is 5.75 Å². The lowest BCUT2D eigenvalue weighted by atomic mass is 9.95. The highest BCUT2D eigenvalue weighted by atomic mass is 16.3. The SMILES string of the molecule is NCc1nc(-c2cccc(O)c2)nc2c1[nH]c(=O)n2C1CCCCC1. The molecule has 130 valence electrons. The molecule has 0 radical (unpaired) electrons. The molecular weight excluding hydrogens is 318 g/mol. The van der Waals surface area contributed by atoms with Crippen LogP contribution >= 0.6 is 0 Å². The van der Waals surface area contributed by atoms with Gasteiger partial charge in [0.15, 0.2) is 11.5 Å². The first-order chi connectivity index (χ1) is 12.2. The zero-order valence-electron chi connectivity index (χ0n) is 13.9. The lowest BCUT2D eigenvalue weighted by molar-refractivity contribution is 0.352. The number of imidazole rings is 1. The third-order valence-corrected chi connectivity index (χ3v) is 4.88. The number of nitrogens with two attached hydrogens (primary N) is 1. The summed E-state index contributed by atoms with van der Waals surface area (Å²) in [6.45, 7) is 0.204. The van der Waals surface area contributed by atoms with Crippen molar-refractivity contribution in [3.63, 3.8) is 0 Å². The van der Waals surface area contributed by atoms with E-state index in [2.05, 4.69) is 15.0 Å². The van der Waals surface area contributed by atoms with Crippen molar-refractivity contribution >= 4 is 11.2 Å². The first kappa shape index (κ1) is 15.8. The topological polar surface area (TPSA) is 110 Å². The number of fused-ring (bicyclic) bond motifs is 1. The molecule has 4 N–H and O–H groups in total. The summed E-state index contributed by atoms with van der Waals surface area (Å²) >= 11 is 0. The van der Waals surface area contributed by atoms with Crippen LogP contribution in [0.25, 0.3) is 22.6 Å². The number of benzene rings is 1. The van der Waals surface area contributed by atoms with Crippen LogP contribution in [-0.2, 0) is 6.54 Å². The first-order valence-corrected chi connectivity index (χ1v) is 8.68. The molecule has 0 saturated heterocycles. The van der Waals surface area contributed by atoms with Crippen LogP contribution < -0.4 is 11.4 Å². The predicted octanol–water partition coefficient (Wildman–Crippen LogP) is 2.46. The van der Waals surface area contributed by atoms with E-state index < -0.39 is 0 Å². The number of nitrogens with zero attached hydrogens (tertiary/aromatic N) is 3. The van der Waals surface area contributed by atoms with Gasteiger partial charge in [0.1, 0.15) is 11.3 Å². The molecule has 0 bridgehead atoms. The summed E-state index contributed by atoms with van der Waals surface area (Å²) in [4.78, 5) is 24.6. The normalized spacial score (nSPS) is 15.7. The molecule has 1 saturated carbocycles. The van der Waals surface area contributed by atoms with E-state index in [0.717, 1.165) is 25.7 Å². The van der Waals surface area contributed by atoms with Gasteiger partial charge in [0.25, 0.3) is 0 Å². The van der Waals surface area contributed by atoms with Crippen molar-refractivity contribution in [1.82, 2.24) is 19.5 Å². The van der Waals surface area contributed by atoms with Gasteiger partial charge in [-0.05, 0) is 25.0 Å². The Morgan fingerprint density at radius 3 is 2.76 bits per heavy atom. The molecule has 25 heavy (non-hydrogen) atoms. The highest BCUT2D eigenvalue weighted by Crippen LogP contribution is 2.30. The lowest BCUT2D eigenvalue weighted by Gasteiger charge is -2.22. The van der Waals surface area contributed by atoms with Gasteiger partial charge in [0, 0.05) is 18.2 Å². The third-order valence-electron chi connectivity index (χ3n) is 4.88. The van der Waals surface area contributed by atoms with Crippen molar-refractivity contribution in [3.8, 4) is 17.1 Å². The molecule has 7 nitrogen and oxygen atoms in total. The fourth-order valence-corrected chi connectivity index (χ4v) is 3.66. The minimum absolute atomic E-state index is 0.147.